The van der Waals surface area contributed by atoms with E-state index in [0.29, 0.717) is 6.42 Å². The number of carbonyl (C=O) groups excluding carboxylic acids is 1. The molecule has 0 unspecified atom stereocenters. The van der Waals surface area contributed by atoms with E-state index in [4.69, 9.17) is 16.0 Å². The van der Waals surface area contributed by atoms with Gasteiger partial charge in [-0.1, -0.05) is 45.4 Å². The number of hydrogen-bond donors (Lipinski definition) is 0. The number of anilines is 1. The molecule has 25 heavy (non-hydrogen) atoms. The lowest BCUT2D eigenvalue weighted by molar-refractivity contribution is -0.117. The lowest BCUT2D eigenvalue weighted by Crippen LogP contribution is -2.47. The fraction of sp³-hybridized carbons (Fsp3) is 0.650. The van der Waals surface area contributed by atoms with Gasteiger partial charge in [-0.25, -0.2) is 0 Å². The Kier molecular flexibility index (Phi) is 5.77. The highest BCUT2D eigenvalue weighted by Gasteiger charge is 2.46. The van der Waals surface area contributed by atoms with E-state index in [0.717, 1.165) is 28.3 Å². The van der Waals surface area contributed by atoms with Crippen LogP contribution in [0.4, 0.5) is 5.69 Å². The van der Waals surface area contributed by atoms with Crippen LogP contribution in [0.1, 0.15) is 51.7 Å². The van der Waals surface area contributed by atoms with Crippen molar-refractivity contribution < 1.29 is 9.22 Å². The first-order valence-electron chi connectivity index (χ1n) is 9.16. The third kappa shape index (κ3) is 3.81. The van der Waals surface area contributed by atoms with Crippen molar-refractivity contribution >= 4 is 31.5 Å². The molecule has 1 fully saturated rings. The van der Waals surface area contributed by atoms with Gasteiger partial charge < -0.3 is 9.33 Å². The maximum absolute atomic E-state index is 12.9. The number of halogens is 1. The SMILES string of the molecule is CC[C@H]1[C@H](O[Si](C)(C)C(C)(C)C)CC(=O)N1c1ccc(C)c(Cl)c1C. The van der Waals surface area contributed by atoms with Gasteiger partial charge in [0.15, 0.2) is 8.32 Å². The molecule has 1 aliphatic rings. The summed E-state index contributed by atoms with van der Waals surface area (Å²) in [7, 11) is -1.93. The van der Waals surface area contributed by atoms with Crippen molar-refractivity contribution in [3.8, 4) is 0 Å². The lowest BCUT2D eigenvalue weighted by Gasteiger charge is -2.40. The van der Waals surface area contributed by atoms with Gasteiger partial charge in [0.25, 0.3) is 0 Å². The predicted octanol–water partition coefficient (Wildman–Crippen LogP) is 5.86. The van der Waals surface area contributed by atoms with Gasteiger partial charge in [-0.3, -0.25) is 4.79 Å². The Labute approximate surface area is 158 Å². The second-order valence-corrected chi connectivity index (χ2v) is 13.8. The third-order valence-corrected chi connectivity index (χ3v) is 11.0. The van der Waals surface area contributed by atoms with Crippen molar-refractivity contribution in [3.63, 3.8) is 0 Å². The zero-order valence-electron chi connectivity index (χ0n) is 16.9. The normalized spacial score (nSPS) is 22.0. The summed E-state index contributed by atoms with van der Waals surface area (Å²) in [5.74, 6) is 0.138. The Bertz CT molecular complexity index is 666. The second kappa shape index (κ2) is 7.05. The van der Waals surface area contributed by atoms with Gasteiger partial charge in [0, 0.05) is 10.7 Å². The number of benzene rings is 1. The van der Waals surface area contributed by atoms with Gasteiger partial charge in [-0.05, 0) is 55.6 Å². The Hall–Kier alpha value is -0.843. The highest BCUT2D eigenvalue weighted by Crippen LogP contribution is 2.41. The standard InChI is InChI=1S/C20H32ClNO2Si/c1-9-15-17(24-25(7,8)20(4,5)6)12-18(23)22(15)16-11-10-13(2)19(21)14(16)3/h10-11,15,17H,9,12H2,1-8H3/t15-,17+/m0/s1. The number of aryl methyl sites for hydroxylation is 1. The van der Waals surface area contributed by atoms with Crippen LogP contribution in [-0.2, 0) is 9.22 Å². The van der Waals surface area contributed by atoms with Gasteiger partial charge in [-0.15, -0.1) is 0 Å². The zero-order chi connectivity index (χ0) is 19.2. The molecule has 1 aliphatic heterocycles. The number of amides is 1. The molecule has 0 aromatic heterocycles. The quantitative estimate of drug-likeness (QED) is 0.611. The van der Waals surface area contributed by atoms with Crippen LogP contribution in [-0.4, -0.2) is 26.4 Å². The Balaban J connectivity index is 2.37. The molecule has 140 valence electrons. The van der Waals surface area contributed by atoms with E-state index in [2.05, 4.69) is 40.8 Å². The molecule has 0 aliphatic carbocycles. The van der Waals surface area contributed by atoms with E-state index in [1.807, 2.05) is 30.9 Å². The van der Waals surface area contributed by atoms with Crippen LogP contribution in [0.5, 0.6) is 0 Å². The maximum Gasteiger partial charge on any atom is 0.229 e. The molecule has 3 nitrogen and oxygen atoms in total. The van der Waals surface area contributed by atoms with Crippen LogP contribution in [0.15, 0.2) is 12.1 Å². The third-order valence-electron chi connectivity index (χ3n) is 5.89. The molecule has 1 heterocycles. The minimum absolute atomic E-state index is 0.0436. The first kappa shape index (κ1) is 20.5. The molecule has 2 rings (SSSR count). The first-order chi connectivity index (χ1) is 11.4. The fourth-order valence-electron chi connectivity index (χ4n) is 3.26. The van der Waals surface area contributed by atoms with Crippen molar-refractivity contribution in [1.29, 1.82) is 0 Å². The summed E-state index contributed by atoms with van der Waals surface area (Å²) in [6, 6.07) is 4.08. The van der Waals surface area contributed by atoms with Gasteiger partial charge in [0.1, 0.15) is 0 Å². The van der Waals surface area contributed by atoms with E-state index >= 15 is 0 Å². The molecule has 0 spiro atoms. The summed E-state index contributed by atoms with van der Waals surface area (Å²) >= 11 is 6.44. The van der Waals surface area contributed by atoms with Crippen molar-refractivity contribution in [2.75, 3.05) is 4.90 Å². The van der Waals surface area contributed by atoms with E-state index in [1.54, 1.807) is 0 Å². The van der Waals surface area contributed by atoms with Crippen molar-refractivity contribution in [2.45, 2.75) is 84.7 Å². The number of rotatable bonds is 4. The van der Waals surface area contributed by atoms with Crippen LogP contribution in [0.2, 0.25) is 23.2 Å². The second-order valence-electron chi connectivity index (χ2n) is 8.70. The summed E-state index contributed by atoms with van der Waals surface area (Å²) in [6.07, 6.45) is 1.28. The Morgan fingerprint density at radius 2 is 1.88 bits per heavy atom. The molecule has 1 aromatic carbocycles. The largest absolute Gasteiger partial charge is 0.411 e. The van der Waals surface area contributed by atoms with Crippen LogP contribution >= 0.6 is 11.6 Å². The molecule has 1 aromatic rings. The lowest BCUT2D eigenvalue weighted by atomic mass is 10.1. The molecule has 0 radical (unpaired) electrons. The highest BCUT2D eigenvalue weighted by molar-refractivity contribution is 6.74. The van der Waals surface area contributed by atoms with E-state index in [9.17, 15) is 4.79 Å². The number of carbonyl (C=O) groups is 1. The monoisotopic (exact) mass is 381 g/mol. The first-order valence-corrected chi connectivity index (χ1v) is 12.4. The highest BCUT2D eigenvalue weighted by atomic mass is 35.5. The van der Waals surface area contributed by atoms with Gasteiger partial charge in [0.2, 0.25) is 5.91 Å². The van der Waals surface area contributed by atoms with Gasteiger partial charge in [-0.2, -0.15) is 0 Å². The Morgan fingerprint density at radius 3 is 2.40 bits per heavy atom. The molecule has 5 heteroatoms. The summed E-state index contributed by atoms with van der Waals surface area (Å²) < 4.78 is 6.63. The molecular formula is C20H32ClNO2Si. The van der Waals surface area contributed by atoms with E-state index < -0.39 is 8.32 Å². The average molecular weight is 382 g/mol. The molecule has 0 saturated carbocycles. The summed E-state index contributed by atoms with van der Waals surface area (Å²) in [6.45, 7) is 17.3. The van der Waals surface area contributed by atoms with Crippen LogP contribution < -0.4 is 4.90 Å². The van der Waals surface area contributed by atoms with Crippen molar-refractivity contribution in [3.05, 3.63) is 28.3 Å². The summed E-state index contributed by atoms with van der Waals surface area (Å²) in [5, 5.41) is 0.874. The number of hydrogen-bond acceptors (Lipinski definition) is 2. The molecular weight excluding hydrogens is 350 g/mol. The van der Waals surface area contributed by atoms with E-state index in [-0.39, 0.29) is 23.1 Å². The summed E-state index contributed by atoms with van der Waals surface area (Å²) in [4.78, 5) is 14.8. The van der Waals surface area contributed by atoms with Gasteiger partial charge >= 0.3 is 0 Å². The number of nitrogens with zero attached hydrogens (tertiary/aromatic N) is 1. The van der Waals surface area contributed by atoms with Gasteiger partial charge in [0.05, 0.1) is 18.6 Å². The molecule has 1 amide bonds. The minimum Gasteiger partial charge on any atom is -0.411 e. The van der Waals surface area contributed by atoms with Crippen LogP contribution in [0.25, 0.3) is 0 Å². The fourth-order valence-corrected chi connectivity index (χ4v) is 4.77. The van der Waals surface area contributed by atoms with Crippen LogP contribution in [0, 0.1) is 13.8 Å². The summed E-state index contributed by atoms with van der Waals surface area (Å²) in [5.41, 5.74) is 2.94. The van der Waals surface area contributed by atoms with Crippen molar-refractivity contribution in [1.82, 2.24) is 0 Å². The molecule has 0 bridgehead atoms. The average Bonchev–Trinajstić information content (AvgIpc) is 2.78. The zero-order valence-corrected chi connectivity index (χ0v) is 18.6. The minimum atomic E-state index is -1.93. The predicted molar refractivity (Wildman–Crippen MR) is 109 cm³/mol. The molecule has 0 N–H and O–H groups in total. The van der Waals surface area contributed by atoms with Crippen LogP contribution in [0.3, 0.4) is 0 Å². The van der Waals surface area contributed by atoms with E-state index in [1.165, 1.54) is 0 Å². The maximum atomic E-state index is 12.9. The topological polar surface area (TPSA) is 29.5 Å². The Morgan fingerprint density at radius 1 is 1.28 bits per heavy atom. The molecule has 1 saturated heterocycles. The smallest absolute Gasteiger partial charge is 0.229 e. The van der Waals surface area contributed by atoms with Crippen molar-refractivity contribution in [2.24, 2.45) is 0 Å². The molecule has 2 atom stereocenters.